The number of carbonyl (C=O) groups is 1. The van der Waals surface area contributed by atoms with Crippen LogP contribution < -0.4 is 0 Å². The number of ketones is 1. The summed E-state index contributed by atoms with van der Waals surface area (Å²) in [7, 11) is 0. The van der Waals surface area contributed by atoms with Crippen molar-refractivity contribution in [1.29, 1.82) is 0 Å². The molecule has 0 N–H and O–H groups in total. The first-order valence-corrected chi connectivity index (χ1v) is 6.85. The van der Waals surface area contributed by atoms with Gasteiger partial charge >= 0.3 is 0 Å². The minimum absolute atomic E-state index is 0.0324. The predicted molar refractivity (Wildman–Crippen MR) is 73.2 cm³/mol. The zero-order chi connectivity index (χ0) is 12.5. The molecule has 0 radical (unpaired) electrons. The van der Waals surface area contributed by atoms with Gasteiger partial charge in [0.25, 0.3) is 0 Å². The van der Waals surface area contributed by atoms with Crippen molar-refractivity contribution in [2.75, 3.05) is 13.1 Å². The van der Waals surface area contributed by atoms with Crippen LogP contribution in [0.2, 0.25) is 0 Å². The summed E-state index contributed by atoms with van der Waals surface area (Å²) in [6.07, 6.45) is 0. The molecular weight excluding hydrogens is 278 g/mol. The van der Waals surface area contributed by atoms with Crippen LogP contribution in [-0.2, 0) is 11.3 Å². The van der Waals surface area contributed by atoms with Crippen LogP contribution in [0.1, 0.15) is 19.4 Å². The molecule has 3 heteroatoms. The van der Waals surface area contributed by atoms with Crippen molar-refractivity contribution >= 4 is 21.7 Å². The maximum absolute atomic E-state index is 12.0. The molecule has 1 unspecified atom stereocenters. The van der Waals surface area contributed by atoms with Crippen LogP contribution in [-0.4, -0.2) is 28.6 Å². The highest BCUT2D eigenvalue weighted by Crippen LogP contribution is 2.29. The van der Waals surface area contributed by atoms with Gasteiger partial charge in [-0.05, 0) is 5.56 Å². The maximum Gasteiger partial charge on any atom is 0.154 e. The maximum atomic E-state index is 12.0. The van der Waals surface area contributed by atoms with Crippen LogP contribution in [0.4, 0.5) is 0 Å². The number of likely N-dealkylation sites (tertiary alicyclic amines) is 1. The Morgan fingerprint density at radius 2 is 2.00 bits per heavy atom. The van der Waals surface area contributed by atoms with Crippen molar-refractivity contribution in [1.82, 2.24) is 4.90 Å². The van der Waals surface area contributed by atoms with Gasteiger partial charge in [-0.3, -0.25) is 9.69 Å². The molecule has 17 heavy (non-hydrogen) atoms. The molecule has 1 aromatic carbocycles. The zero-order valence-electron chi connectivity index (χ0n) is 10.3. The smallest absolute Gasteiger partial charge is 0.154 e. The van der Waals surface area contributed by atoms with E-state index in [-0.39, 0.29) is 10.2 Å². The Kier molecular flexibility index (Phi) is 3.69. The van der Waals surface area contributed by atoms with Crippen molar-refractivity contribution in [3.05, 3.63) is 35.9 Å². The molecule has 0 saturated carbocycles. The average molecular weight is 296 g/mol. The summed E-state index contributed by atoms with van der Waals surface area (Å²) in [6.45, 7) is 6.61. The van der Waals surface area contributed by atoms with Gasteiger partial charge in [0, 0.05) is 25.0 Å². The van der Waals surface area contributed by atoms with Gasteiger partial charge < -0.3 is 0 Å². The van der Waals surface area contributed by atoms with Crippen LogP contribution in [0.5, 0.6) is 0 Å². The second-order valence-electron chi connectivity index (χ2n) is 5.37. The molecule has 1 saturated heterocycles. The normalized spacial score (nSPS) is 24.9. The molecule has 1 heterocycles. The van der Waals surface area contributed by atoms with Gasteiger partial charge in [0.1, 0.15) is 0 Å². The molecule has 2 nitrogen and oxygen atoms in total. The fourth-order valence-corrected chi connectivity index (χ4v) is 3.43. The van der Waals surface area contributed by atoms with Gasteiger partial charge in [-0.15, -0.1) is 0 Å². The molecule has 0 bridgehead atoms. The lowest BCUT2D eigenvalue weighted by Gasteiger charge is -2.39. The number of piperidine rings is 1. The molecule has 1 aromatic rings. The number of Topliss-reactive ketones (excluding diaryl/α,β-unsaturated/α-hetero) is 1. The SMILES string of the molecule is CC1(C)CN(Cc2ccccc2)CC(Br)C1=O. The number of alkyl halides is 1. The van der Waals surface area contributed by atoms with E-state index in [0.29, 0.717) is 5.78 Å². The summed E-state index contributed by atoms with van der Waals surface area (Å²) in [4.78, 5) is 14.3. The Morgan fingerprint density at radius 3 is 2.59 bits per heavy atom. The van der Waals surface area contributed by atoms with E-state index in [0.717, 1.165) is 19.6 Å². The molecule has 1 aliphatic rings. The Labute approximate surface area is 111 Å². The lowest BCUT2D eigenvalue weighted by Crippen LogP contribution is -2.51. The van der Waals surface area contributed by atoms with Crippen molar-refractivity contribution < 1.29 is 4.79 Å². The van der Waals surface area contributed by atoms with E-state index in [2.05, 4.69) is 45.1 Å². The third-order valence-electron chi connectivity index (χ3n) is 3.24. The highest BCUT2D eigenvalue weighted by molar-refractivity contribution is 9.10. The van der Waals surface area contributed by atoms with Crippen LogP contribution >= 0.6 is 15.9 Å². The summed E-state index contributed by atoms with van der Waals surface area (Å²) in [5, 5.41) is 0. The van der Waals surface area contributed by atoms with E-state index in [4.69, 9.17) is 0 Å². The summed E-state index contributed by atoms with van der Waals surface area (Å²) in [5.41, 5.74) is 1.05. The first-order valence-electron chi connectivity index (χ1n) is 5.94. The van der Waals surface area contributed by atoms with Gasteiger partial charge in [0.15, 0.2) is 5.78 Å². The van der Waals surface area contributed by atoms with Gasteiger partial charge in [0.05, 0.1) is 4.83 Å². The van der Waals surface area contributed by atoms with Gasteiger partial charge in [0.2, 0.25) is 0 Å². The molecule has 0 aliphatic carbocycles. The fraction of sp³-hybridized carbons (Fsp3) is 0.500. The van der Waals surface area contributed by atoms with E-state index in [9.17, 15) is 4.79 Å². The number of hydrogen-bond acceptors (Lipinski definition) is 2. The van der Waals surface area contributed by atoms with Crippen molar-refractivity contribution in [2.45, 2.75) is 25.2 Å². The first kappa shape index (κ1) is 12.8. The molecule has 1 fully saturated rings. The third-order valence-corrected chi connectivity index (χ3v) is 3.94. The van der Waals surface area contributed by atoms with E-state index >= 15 is 0 Å². The fourth-order valence-electron chi connectivity index (χ4n) is 2.40. The van der Waals surface area contributed by atoms with E-state index < -0.39 is 0 Å². The Hall–Kier alpha value is -0.670. The number of carbonyl (C=O) groups excluding carboxylic acids is 1. The summed E-state index contributed by atoms with van der Waals surface area (Å²) < 4.78 is 0. The van der Waals surface area contributed by atoms with Crippen LogP contribution in [0.25, 0.3) is 0 Å². The lowest BCUT2D eigenvalue weighted by atomic mass is 9.82. The largest absolute Gasteiger partial charge is 0.298 e. The van der Waals surface area contributed by atoms with Crippen molar-refractivity contribution in [2.24, 2.45) is 5.41 Å². The molecule has 0 aromatic heterocycles. The van der Waals surface area contributed by atoms with E-state index in [1.54, 1.807) is 0 Å². The Balaban J connectivity index is 2.06. The Morgan fingerprint density at radius 1 is 1.35 bits per heavy atom. The number of benzene rings is 1. The quantitative estimate of drug-likeness (QED) is 0.782. The third kappa shape index (κ3) is 2.96. The number of halogens is 1. The van der Waals surface area contributed by atoms with E-state index in [1.807, 2.05) is 19.9 Å². The first-order chi connectivity index (χ1) is 7.99. The molecule has 1 atom stereocenters. The molecule has 2 rings (SSSR count). The summed E-state index contributed by atoms with van der Waals surface area (Å²) in [5.74, 6) is 0.321. The highest BCUT2D eigenvalue weighted by Gasteiger charge is 2.39. The number of rotatable bonds is 2. The number of hydrogen-bond donors (Lipinski definition) is 0. The van der Waals surface area contributed by atoms with Gasteiger partial charge in [-0.1, -0.05) is 60.1 Å². The van der Waals surface area contributed by atoms with Gasteiger partial charge in [-0.25, -0.2) is 0 Å². The average Bonchev–Trinajstić information content (AvgIpc) is 2.27. The molecule has 0 amide bonds. The minimum Gasteiger partial charge on any atom is -0.298 e. The van der Waals surface area contributed by atoms with Gasteiger partial charge in [-0.2, -0.15) is 0 Å². The molecular formula is C14H18BrNO. The molecule has 0 spiro atoms. The minimum atomic E-state index is -0.249. The van der Waals surface area contributed by atoms with E-state index in [1.165, 1.54) is 5.56 Å². The van der Waals surface area contributed by atoms with Crippen LogP contribution in [0, 0.1) is 5.41 Å². The van der Waals surface area contributed by atoms with Crippen LogP contribution in [0.15, 0.2) is 30.3 Å². The molecule has 92 valence electrons. The topological polar surface area (TPSA) is 20.3 Å². The zero-order valence-corrected chi connectivity index (χ0v) is 11.9. The monoisotopic (exact) mass is 295 g/mol. The second kappa shape index (κ2) is 4.91. The standard InChI is InChI=1S/C14H18BrNO/c1-14(2)10-16(9-12(15)13(14)17)8-11-6-4-3-5-7-11/h3-7,12H,8-10H2,1-2H3. The predicted octanol–water partition coefficient (Wildman–Crippen LogP) is 2.86. The Bertz CT molecular complexity index is 402. The van der Waals surface area contributed by atoms with Crippen molar-refractivity contribution in [3.8, 4) is 0 Å². The van der Waals surface area contributed by atoms with Crippen LogP contribution in [0.3, 0.4) is 0 Å². The lowest BCUT2D eigenvalue weighted by molar-refractivity contribution is -0.130. The highest BCUT2D eigenvalue weighted by atomic mass is 79.9. The summed E-state index contributed by atoms with van der Waals surface area (Å²) in [6, 6.07) is 10.4. The number of nitrogens with zero attached hydrogens (tertiary/aromatic N) is 1. The molecule has 1 aliphatic heterocycles. The second-order valence-corrected chi connectivity index (χ2v) is 6.48. The summed E-state index contributed by atoms with van der Waals surface area (Å²) >= 11 is 3.49. The van der Waals surface area contributed by atoms with Crippen molar-refractivity contribution in [3.63, 3.8) is 0 Å².